The van der Waals surface area contributed by atoms with Gasteiger partial charge in [0, 0.05) is 22.4 Å². The lowest BCUT2D eigenvalue weighted by Gasteiger charge is -2.09. The van der Waals surface area contributed by atoms with E-state index in [9.17, 15) is 9.90 Å². The molecule has 2 aromatic carbocycles. The number of nitrogens with two attached hydrogens (primary N) is 1. The van der Waals surface area contributed by atoms with Crippen LogP contribution in [-0.4, -0.2) is 16.0 Å². The lowest BCUT2D eigenvalue weighted by Crippen LogP contribution is -2.14. The second-order valence-corrected chi connectivity index (χ2v) is 4.79. The molecule has 0 saturated carbocycles. The predicted molar refractivity (Wildman–Crippen MR) is 83.1 cm³/mol. The van der Waals surface area contributed by atoms with Crippen molar-refractivity contribution < 1.29 is 9.90 Å². The van der Waals surface area contributed by atoms with Crippen molar-refractivity contribution in [1.29, 1.82) is 0 Å². The molecule has 1 amide bonds. The average Bonchev–Trinajstić information content (AvgIpc) is 2.42. The topological polar surface area (TPSA) is 75.3 Å². The van der Waals surface area contributed by atoms with Gasteiger partial charge < -0.3 is 16.2 Å². The largest absolute Gasteiger partial charge is 0.508 e. The number of phenolic OH excluding ortho intramolecular Hbond substituents is 1. The second kappa shape index (κ2) is 5.71. The van der Waals surface area contributed by atoms with E-state index in [4.69, 9.17) is 18.0 Å². The highest BCUT2D eigenvalue weighted by Crippen LogP contribution is 2.21. The summed E-state index contributed by atoms with van der Waals surface area (Å²) in [5, 5.41) is 12.4. The maximum absolute atomic E-state index is 12.2. The third-order valence-electron chi connectivity index (χ3n) is 2.95. The molecule has 0 aliphatic carbocycles. The number of carbonyl (C=O) groups is 1. The lowest BCUT2D eigenvalue weighted by atomic mass is 10.1. The second-order valence-electron chi connectivity index (χ2n) is 4.35. The Morgan fingerprint density at radius 2 is 1.95 bits per heavy atom. The predicted octanol–water partition coefficient (Wildman–Crippen LogP) is 2.59. The van der Waals surface area contributed by atoms with Gasteiger partial charge in [0.1, 0.15) is 10.7 Å². The van der Waals surface area contributed by atoms with E-state index in [0.717, 1.165) is 0 Å². The van der Waals surface area contributed by atoms with Gasteiger partial charge in [-0.25, -0.2) is 0 Å². The Hall–Kier alpha value is -2.40. The molecule has 0 aliphatic heterocycles. The van der Waals surface area contributed by atoms with E-state index in [-0.39, 0.29) is 16.6 Å². The highest BCUT2D eigenvalue weighted by Gasteiger charge is 2.11. The third kappa shape index (κ3) is 2.95. The molecule has 2 aromatic rings. The Morgan fingerprint density at radius 3 is 2.65 bits per heavy atom. The summed E-state index contributed by atoms with van der Waals surface area (Å²) < 4.78 is 0. The van der Waals surface area contributed by atoms with Gasteiger partial charge in [0.25, 0.3) is 5.91 Å². The molecule has 0 unspecified atom stereocenters. The summed E-state index contributed by atoms with van der Waals surface area (Å²) in [7, 11) is 0. The van der Waals surface area contributed by atoms with Crippen LogP contribution in [0.3, 0.4) is 0 Å². The minimum absolute atomic E-state index is 0.0922. The third-order valence-corrected chi connectivity index (χ3v) is 3.19. The van der Waals surface area contributed by atoms with E-state index in [0.29, 0.717) is 22.4 Å². The molecule has 4 N–H and O–H groups in total. The fourth-order valence-electron chi connectivity index (χ4n) is 1.82. The molecule has 0 fully saturated rings. The van der Waals surface area contributed by atoms with Crippen LogP contribution < -0.4 is 11.1 Å². The van der Waals surface area contributed by atoms with E-state index >= 15 is 0 Å². The normalized spacial score (nSPS) is 10.1. The molecule has 0 aliphatic rings. The van der Waals surface area contributed by atoms with Crippen molar-refractivity contribution in [2.24, 2.45) is 5.73 Å². The van der Waals surface area contributed by atoms with E-state index in [1.54, 1.807) is 49.4 Å². The zero-order chi connectivity index (χ0) is 14.7. The highest BCUT2D eigenvalue weighted by atomic mass is 32.1. The average molecular weight is 286 g/mol. The smallest absolute Gasteiger partial charge is 0.256 e. The molecule has 20 heavy (non-hydrogen) atoms. The SMILES string of the molecule is Cc1c(O)cccc1C(=O)Nc1cccc(C(N)=S)c1. The Kier molecular flexibility index (Phi) is 4.00. The van der Waals surface area contributed by atoms with E-state index in [1.807, 2.05) is 0 Å². The van der Waals surface area contributed by atoms with Crippen LogP contribution in [0.4, 0.5) is 5.69 Å². The molecule has 0 radical (unpaired) electrons. The van der Waals surface area contributed by atoms with Crippen LogP contribution >= 0.6 is 12.2 Å². The van der Waals surface area contributed by atoms with Gasteiger partial charge in [-0.05, 0) is 31.2 Å². The summed E-state index contributed by atoms with van der Waals surface area (Å²) in [4.78, 5) is 12.5. The van der Waals surface area contributed by atoms with Gasteiger partial charge in [-0.2, -0.15) is 0 Å². The van der Waals surface area contributed by atoms with Crippen molar-refractivity contribution in [1.82, 2.24) is 0 Å². The summed E-state index contributed by atoms with van der Waals surface area (Å²) in [6.07, 6.45) is 0. The molecule has 0 spiro atoms. The molecule has 2 rings (SSSR count). The standard InChI is InChI=1S/C15H14N2O2S/c1-9-12(6-3-7-13(9)18)15(19)17-11-5-2-4-10(8-11)14(16)20/h2-8,18H,1H3,(H2,16,20)(H,17,19). The monoisotopic (exact) mass is 286 g/mol. The molecular formula is C15H14N2O2S. The number of anilines is 1. The van der Waals surface area contributed by atoms with Crippen molar-refractivity contribution >= 4 is 28.8 Å². The number of benzene rings is 2. The van der Waals surface area contributed by atoms with Gasteiger partial charge in [-0.15, -0.1) is 0 Å². The van der Waals surface area contributed by atoms with Crippen molar-refractivity contribution in [3.63, 3.8) is 0 Å². The first kappa shape index (κ1) is 14.0. The highest BCUT2D eigenvalue weighted by molar-refractivity contribution is 7.80. The summed E-state index contributed by atoms with van der Waals surface area (Å²) in [5.74, 6) is -0.201. The number of hydrogen-bond acceptors (Lipinski definition) is 3. The fourth-order valence-corrected chi connectivity index (χ4v) is 1.95. The van der Waals surface area contributed by atoms with Gasteiger partial charge in [0.05, 0.1) is 0 Å². The zero-order valence-electron chi connectivity index (χ0n) is 10.9. The van der Waals surface area contributed by atoms with Gasteiger partial charge in [0.2, 0.25) is 0 Å². The van der Waals surface area contributed by atoms with Crippen LogP contribution in [0.25, 0.3) is 0 Å². The minimum atomic E-state index is -0.293. The van der Waals surface area contributed by atoms with Crippen LogP contribution in [0.15, 0.2) is 42.5 Å². The van der Waals surface area contributed by atoms with Crippen molar-refractivity contribution in [3.8, 4) is 5.75 Å². The first-order chi connectivity index (χ1) is 9.49. The van der Waals surface area contributed by atoms with E-state index < -0.39 is 0 Å². The number of rotatable bonds is 3. The zero-order valence-corrected chi connectivity index (χ0v) is 11.7. The lowest BCUT2D eigenvalue weighted by molar-refractivity contribution is 0.102. The number of phenols is 1. The quantitative estimate of drug-likeness (QED) is 0.758. The van der Waals surface area contributed by atoms with Gasteiger partial charge >= 0.3 is 0 Å². The summed E-state index contributed by atoms with van der Waals surface area (Å²) in [6, 6.07) is 11.8. The molecule has 0 atom stereocenters. The van der Waals surface area contributed by atoms with Crippen LogP contribution in [-0.2, 0) is 0 Å². The molecule has 4 nitrogen and oxygen atoms in total. The Labute approximate surface area is 122 Å². The van der Waals surface area contributed by atoms with Gasteiger partial charge in [0.15, 0.2) is 0 Å². The summed E-state index contributed by atoms with van der Waals surface area (Å²) in [5.41, 5.74) is 7.80. The molecular weight excluding hydrogens is 272 g/mol. The summed E-state index contributed by atoms with van der Waals surface area (Å²) >= 11 is 4.90. The first-order valence-electron chi connectivity index (χ1n) is 5.99. The number of nitrogens with one attached hydrogen (secondary N) is 1. The van der Waals surface area contributed by atoms with Crippen molar-refractivity contribution in [2.45, 2.75) is 6.92 Å². The van der Waals surface area contributed by atoms with E-state index in [1.165, 1.54) is 0 Å². The summed E-state index contributed by atoms with van der Waals surface area (Å²) in [6.45, 7) is 1.69. The van der Waals surface area contributed by atoms with Crippen molar-refractivity contribution in [2.75, 3.05) is 5.32 Å². The molecule has 0 aromatic heterocycles. The van der Waals surface area contributed by atoms with Gasteiger partial charge in [-0.1, -0.05) is 30.4 Å². The molecule has 0 saturated heterocycles. The van der Waals surface area contributed by atoms with Gasteiger partial charge in [-0.3, -0.25) is 4.79 Å². The van der Waals surface area contributed by atoms with Crippen molar-refractivity contribution in [3.05, 3.63) is 59.2 Å². The Morgan fingerprint density at radius 1 is 1.25 bits per heavy atom. The fraction of sp³-hybridized carbons (Fsp3) is 0.0667. The Bertz CT molecular complexity index is 683. The number of aromatic hydroxyl groups is 1. The van der Waals surface area contributed by atoms with Crippen LogP contribution in [0, 0.1) is 6.92 Å². The molecule has 0 heterocycles. The molecule has 102 valence electrons. The maximum atomic E-state index is 12.2. The Balaban J connectivity index is 2.26. The maximum Gasteiger partial charge on any atom is 0.256 e. The number of hydrogen-bond donors (Lipinski definition) is 3. The van der Waals surface area contributed by atoms with Crippen LogP contribution in [0.1, 0.15) is 21.5 Å². The van der Waals surface area contributed by atoms with E-state index in [2.05, 4.69) is 5.32 Å². The van der Waals surface area contributed by atoms with Crippen LogP contribution in [0.2, 0.25) is 0 Å². The molecule has 0 bridgehead atoms. The van der Waals surface area contributed by atoms with Crippen LogP contribution in [0.5, 0.6) is 5.75 Å². The minimum Gasteiger partial charge on any atom is -0.508 e. The number of thiocarbonyl (C=S) groups is 1. The number of amides is 1. The number of carbonyl (C=O) groups excluding carboxylic acids is 1. The first-order valence-corrected chi connectivity index (χ1v) is 6.39. The molecule has 5 heteroatoms.